The maximum atomic E-state index is 12.7. The normalized spacial score (nSPS) is 14.3. The van der Waals surface area contributed by atoms with Crippen LogP contribution in [0.5, 0.6) is 0 Å². The molecule has 86 valence electrons. The van der Waals surface area contributed by atoms with Crippen LogP contribution in [0.2, 0.25) is 0 Å². The van der Waals surface area contributed by atoms with Crippen molar-refractivity contribution in [1.29, 1.82) is 0 Å². The lowest BCUT2D eigenvalue weighted by molar-refractivity contribution is -0.0520. The summed E-state index contributed by atoms with van der Waals surface area (Å²) in [5, 5.41) is 6.20. The molecule has 0 fully saturated rings. The van der Waals surface area contributed by atoms with Crippen LogP contribution in [0.1, 0.15) is 17.4 Å². The predicted molar refractivity (Wildman–Crippen MR) is 56.7 cm³/mol. The monoisotopic (exact) mass is 246 g/mol. The zero-order valence-corrected chi connectivity index (χ0v) is 9.13. The van der Waals surface area contributed by atoms with Crippen molar-refractivity contribution in [3.8, 4) is 0 Å². The van der Waals surface area contributed by atoms with Gasteiger partial charge in [-0.1, -0.05) is 18.2 Å². The van der Waals surface area contributed by atoms with Crippen molar-refractivity contribution in [2.24, 2.45) is 0 Å². The number of furan rings is 1. The molecule has 1 unspecified atom stereocenters. The van der Waals surface area contributed by atoms with E-state index in [-0.39, 0.29) is 5.76 Å². The van der Waals surface area contributed by atoms with E-state index in [1.54, 1.807) is 25.1 Å². The summed E-state index contributed by atoms with van der Waals surface area (Å²) in [4.78, 5) is 0. The Kier molecular flexibility index (Phi) is 2.64. The number of benzene rings is 1. The highest BCUT2D eigenvalue weighted by Gasteiger charge is 2.39. The molecule has 0 aliphatic rings. The summed E-state index contributed by atoms with van der Waals surface area (Å²) >= 11 is 4.74. The van der Waals surface area contributed by atoms with Gasteiger partial charge in [-0.05, 0) is 30.2 Å². The number of hydrogen-bond donors (Lipinski definition) is 1. The fraction of sp³-hybridized carbons (Fsp3) is 0.273. The number of para-hydroxylation sites is 1. The second kappa shape index (κ2) is 3.71. The van der Waals surface area contributed by atoms with Crippen LogP contribution in [0.25, 0.3) is 11.0 Å². The highest BCUT2D eigenvalue weighted by atomic mass is 35.5. The first-order valence-corrected chi connectivity index (χ1v) is 5.01. The van der Waals surface area contributed by atoms with E-state index in [4.69, 9.17) is 16.0 Å². The summed E-state index contributed by atoms with van der Waals surface area (Å²) in [7, 11) is 0. The third kappa shape index (κ3) is 1.90. The van der Waals surface area contributed by atoms with Gasteiger partial charge in [0.25, 0.3) is 0 Å². The number of rotatable bonds is 2. The van der Waals surface area contributed by atoms with Crippen LogP contribution in [0, 0.1) is 6.92 Å². The Morgan fingerprint density at radius 3 is 2.69 bits per heavy atom. The summed E-state index contributed by atoms with van der Waals surface area (Å²) in [5.41, 5.74) is 1.30. The van der Waals surface area contributed by atoms with Crippen LogP contribution in [-0.4, -0.2) is 10.5 Å². The first kappa shape index (κ1) is 11.4. The van der Waals surface area contributed by atoms with Crippen LogP contribution in [0.15, 0.2) is 28.7 Å². The van der Waals surface area contributed by atoms with Crippen LogP contribution in [0.3, 0.4) is 0 Å². The van der Waals surface area contributed by atoms with Gasteiger partial charge in [0.1, 0.15) is 11.3 Å². The number of fused-ring (bicyclic) bond motifs is 1. The topological polar surface area (TPSA) is 33.4 Å². The van der Waals surface area contributed by atoms with E-state index in [0.29, 0.717) is 11.0 Å². The number of halogens is 3. The van der Waals surface area contributed by atoms with Gasteiger partial charge in [0, 0.05) is 5.39 Å². The van der Waals surface area contributed by atoms with E-state index in [9.17, 15) is 13.9 Å². The minimum absolute atomic E-state index is 0.232. The summed E-state index contributed by atoms with van der Waals surface area (Å²) in [6.45, 7) is 1.79. The van der Waals surface area contributed by atoms with E-state index < -0.39 is 11.5 Å². The molecule has 1 aromatic carbocycles. The first-order valence-electron chi connectivity index (χ1n) is 4.63. The molecule has 1 heterocycles. The summed E-state index contributed by atoms with van der Waals surface area (Å²) < 4.78 is 30.5. The van der Waals surface area contributed by atoms with E-state index >= 15 is 0 Å². The average molecular weight is 247 g/mol. The zero-order valence-electron chi connectivity index (χ0n) is 8.38. The third-order valence-corrected chi connectivity index (χ3v) is 2.55. The van der Waals surface area contributed by atoms with Crippen LogP contribution in [0.4, 0.5) is 8.78 Å². The van der Waals surface area contributed by atoms with Crippen LogP contribution in [-0.2, 0) is 0 Å². The number of aliphatic hydroxyl groups excluding tert-OH is 1. The van der Waals surface area contributed by atoms with Gasteiger partial charge in [-0.3, -0.25) is 0 Å². The molecule has 1 atom stereocenters. The molecule has 0 radical (unpaired) electrons. The highest BCUT2D eigenvalue weighted by Crippen LogP contribution is 2.37. The number of alkyl halides is 3. The maximum Gasteiger partial charge on any atom is 0.354 e. The molecule has 1 aromatic heterocycles. The molecule has 0 aliphatic carbocycles. The molecule has 0 amide bonds. The van der Waals surface area contributed by atoms with Gasteiger partial charge in [-0.15, -0.1) is 0 Å². The lowest BCUT2D eigenvalue weighted by Crippen LogP contribution is -2.18. The lowest BCUT2D eigenvalue weighted by Gasteiger charge is -2.12. The average Bonchev–Trinajstić information content (AvgIpc) is 2.60. The summed E-state index contributed by atoms with van der Waals surface area (Å²) in [6.07, 6.45) is -2.14. The van der Waals surface area contributed by atoms with Crippen LogP contribution < -0.4 is 0 Å². The highest BCUT2D eigenvalue weighted by molar-refractivity contribution is 6.22. The van der Waals surface area contributed by atoms with Gasteiger partial charge in [0.15, 0.2) is 6.10 Å². The molecule has 0 spiro atoms. The molecule has 1 N–H and O–H groups in total. The predicted octanol–water partition coefficient (Wildman–Crippen LogP) is 3.61. The molecule has 0 bridgehead atoms. The zero-order chi connectivity index (χ0) is 11.9. The lowest BCUT2D eigenvalue weighted by atomic mass is 10.1. The van der Waals surface area contributed by atoms with Crippen molar-refractivity contribution >= 4 is 22.6 Å². The quantitative estimate of drug-likeness (QED) is 0.822. The Morgan fingerprint density at radius 2 is 2.12 bits per heavy atom. The SMILES string of the molecule is Cc1cccc2cc(C(O)C(F)(F)Cl)oc12. The first-order chi connectivity index (χ1) is 7.39. The van der Waals surface area contributed by atoms with Crippen molar-refractivity contribution in [2.45, 2.75) is 18.4 Å². The molecule has 5 heteroatoms. The maximum absolute atomic E-state index is 12.7. The molecule has 0 aliphatic heterocycles. The molecular weight excluding hydrogens is 238 g/mol. The van der Waals surface area contributed by atoms with Gasteiger partial charge < -0.3 is 9.52 Å². The molecule has 0 saturated heterocycles. The van der Waals surface area contributed by atoms with Gasteiger partial charge in [0.05, 0.1) is 0 Å². The van der Waals surface area contributed by atoms with E-state index in [0.717, 1.165) is 5.56 Å². The fourth-order valence-electron chi connectivity index (χ4n) is 1.52. The van der Waals surface area contributed by atoms with Crippen molar-refractivity contribution in [3.63, 3.8) is 0 Å². The van der Waals surface area contributed by atoms with Crippen molar-refractivity contribution in [2.75, 3.05) is 0 Å². The molecule has 0 saturated carbocycles. The Balaban J connectivity index is 2.52. The second-order valence-electron chi connectivity index (χ2n) is 3.59. The van der Waals surface area contributed by atoms with Gasteiger partial charge in [-0.25, -0.2) is 0 Å². The Labute approximate surface area is 95.4 Å². The van der Waals surface area contributed by atoms with E-state index in [2.05, 4.69) is 0 Å². The van der Waals surface area contributed by atoms with Crippen LogP contribution >= 0.6 is 11.6 Å². The van der Waals surface area contributed by atoms with Crippen molar-refractivity contribution < 1.29 is 18.3 Å². The summed E-state index contributed by atoms with van der Waals surface area (Å²) in [5.74, 6) is -0.232. The standard InChI is InChI=1S/C11H9ClF2O2/c1-6-3-2-4-7-5-8(16-9(6)7)10(15)11(12,13)14/h2-5,10,15H,1H3. The second-order valence-corrected chi connectivity index (χ2v) is 4.09. The Bertz CT molecular complexity index is 516. The number of aliphatic hydroxyl groups is 1. The van der Waals surface area contributed by atoms with Gasteiger partial charge in [0.2, 0.25) is 0 Å². The van der Waals surface area contributed by atoms with Gasteiger partial charge in [-0.2, -0.15) is 8.78 Å². The number of aryl methyl sites for hydroxylation is 1. The fourth-order valence-corrected chi connectivity index (χ4v) is 1.63. The smallest absolute Gasteiger partial charge is 0.354 e. The van der Waals surface area contributed by atoms with Crippen molar-refractivity contribution in [1.82, 2.24) is 0 Å². The Morgan fingerprint density at radius 1 is 1.44 bits per heavy atom. The molecule has 16 heavy (non-hydrogen) atoms. The van der Waals surface area contributed by atoms with E-state index in [1.807, 2.05) is 0 Å². The minimum atomic E-state index is -3.73. The summed E-state index contributed by atoms with van der Waals surface area (Å²) in [6, 6.07) is 6.65. The Hall–Kier alpha value is -1.13. The van der Waals surface area contributed by atoms with Gasteiger partial charge >= 0.3 is 5.38 Å². The molecular formula is C11H9ClF2O2. The molecule has 2 aromatic rings. The molecule has 2 rings (SSSR count). The number of hydrogen-bond acceptors (Lipinski definition) is 2. The van der Waals surface area contributed by atoms with Crippen molar-refractivity contribution in [3.05, 3.63) is 35.6 Å². The minimum Gasteiger partial charge on any atom is -0.458 e. The third-order valence-electron chi connectivity index (χ3n) is 2.34. The molecule has 2 nitrogen and oxygen atoms in total. The largest absolute Gasteiger partial charge is 0.458 e. The van der Waals surface area contributed by atoms with E-state index in [1.165, 1.54) is 6.07 Å².